The molecule has 0 aliphatic heterocycles. The molecule has 0 atom stereocenters. The Balaban J connectivity index is 1.82. The van der Waals surface area contributed by atoms with Gasteiger partial charge < -0.3 is 15.4 Å². The first-order chi connectivity index (χ1) is 13.0. The van der Waals surface area contributed by atoms with Gasteiger partial charge in [-0.25, -0.2) is 18.1 Å². The average Bonchev–Trinajstić information content (AvgIpc) is 3.49. The van der Waals surface area contributed by atoms with E-state index in [9.17, 15) is 8.42 Å². The largest absolute Gasteiger partial charge is 0.493 e. The van der Waals surface area contributed by atoms with E-state index in [1.54, 1.807) is 6.92 Å². The van der Waals surface area contributed by atoms with Gasteiger partial charge in [0.15, 0.2) is 5.96 Å². The zero-order valence-corrected chi connectivity index (χ0v) is 17.1. The monoisotopic (exact) mass is 396 g/mol. The number of benzene rings is 1. The van der Waals surface area contributed by atoms with Gasteiger partial charge in [0.25, 0.3) is 0 Å². The van der Waals surface area contributed by atoms with Gasteiger partial charge in [-0.15, -0.1) is 0 Å². The first-order valence-corrected chi connectivity index (χ1v) is 11.4. The van der Waals surface area contributed by atoms with Crippen LogP contribution >= 0.6 is 0 Å². The minimum atomic E-state index is -3.13. The Bertz CT molecular complexity index is 703. The number of hydrogen-bond donors (Lipinski definition) is 3. The van der Waals surface area contributed by atoms with Gasteiger partial charge in [0.2, 0.25) is 10.0 Å². The predicted octanol–water partition coefficient (Wildman–Crippen LogP) is 1.86. The van der Waals surface area contributed by atoms with Crippen LogP contribution in [0.2, 0.25) is 0 Å². The van der Waals surface area contributed by atoms with Gasteiger partial charge in [0.05, 0.1) is 18.9 Å². The van der Waals surface area contributed by atoms with Gasteiger partial charge in [0, 0.05) is 25.2 Å². The van der Waals surface area contributed by atoms with Crippen LogP contribution < -0.4 is 20.1 Å². The minimum absolute atomic E-state index is 0.104. The van der Waals surface area contributed by atoms with Gasteiger partial charge >= 0.3 is 0 Å². The maximum Gasteiger partial charge on any atom is 0.211 e. The molecule has 1 aromatic rings. The Labute approximate surface area is 163 Å². The van der Waals surface area contributed by atoms with Crippen molar-refractivity contribution >= 4 is 16.0 Å². The molecule has 152 valence electrons. The smallest absolute Gasteiger partial charge is 0.211 e. The van der Waals surface area contributed by atoms with Crippen LogP contribution in [0.15, 0.2) is 29.3 Å². The van der Waals surface area contributed by atoms with Crippen LogP contribution in [-0.2, 0) is 16.6 Å². The number of ether oxygens (including phenoxy) is 1. The molecule has 8 heteroatoms. The van der Waals surface area contributed by atoms with Gasteiger partial charge in [0.1, 0.15) is 5.75 Å². The highest BCUT2D eigenvalue weighted by Gasteiger charge is 2.22. The van der Waals surface area contributed by atoms with Crippen LogP contribution in [0, 0.1) is 5.92 Å². The fourth-order valence-electron chi connectivity index (χ4n) is 2.40. The summed E-state index contributed by atoms with van der Waals surface area (Å²) in [4.78, 5) is 4.63. The highest BCUT2D eigenvalue weighted by molar-refractivity contribution is 7.89. The lowest BCUT2D eigenvalue weighted by atomic mass is 10.2. The lowest BCUT2D eigenvalue weighted by molar-refractivity contribution is 0.297. The summed E-state index contributed by atoms with van der Waals surface area (Å²) >= 11 is 0. The molecule has 0 unspecified atom stereocenters. The maximum absolute atomic E-state index is 11.4. The van der Waals surface area contributed by atoms with Gasteiger partial charge in [-0.3, -0.25) is 0 Å². The first kappa shape index (κ1) is 21.5. The molecule has 1 fully saturated rings. The number of sulfonamides is 1. The minimum Gasteiger partial charge on any atom is -0.493 e. The van der Waals surface area contributed by atoms with Crippen molar-refractivity contribution < 1.29 is 13.2 Å². The fraction of sp³-hybridized carbons (Fsp3) is 0.632. The number of hydrogen-bond acceptors (Lipinski definition) is 4. The summed E-state index contributed by atoms with van der Waals surface area (Å²) in [6.45, 7) is 6.76. The molecule has 0 bridgehead atoms. The highest BCUT2D eigenvalue weighted by Crippen LogP contribution is 2.30. The third-order valence-corrected chi connectivity index (χ3v) is 5.65. The second kappa shape index (κ2) is 11.1. The van der Waals surface area contributed by atoms with E-state index in [1.165, 1.54) is 12.8 Å². The van der Waals surface area contributed by atoms with Crippen LogP contribution in [0.1, 0.15) is 38.7 Å². The van der Waals surface area contributed by atoms with E-state index in [4.69, 9.17) is 4.74 Å². The van der Waals surface area contributed by atoms with Crippen LogP contribution in [0.5, 0.6) is 5.75 Å². The van der Waals surface area contributed by atoms with E-state index in [2.05, 4.69) is 20.3 Å². The standard InChI is InChI=1S/C19H32N4O3S/c1-3-20-19(21-12-7-13-23-27(24,25)4-2)22-14-17-8-5-6-9-18(17)26-15-16-10-11-16/h5-6,8-9,16,23H,3-4,7,10-15H2,1-2H3,(H2,20,21,22). The lowest BCUT2D eigenvalue weighted by Crippen LogP contribution is -2.38. The first-order valence-electron chi connectivity index (χ1n) is 9.74. The number of para-hydroxylation sites is 1. The van der Waals surface area contributed by atoms with Crippen molar-refractivity contribution in [3.63, 3.8) is 0 Å². The molecule has 27 heavy (non-hydrogen) atoms. The zero-order chi connectivity index (χ0) is 19.5. The molecule has 1 saturated carbocycles. The number of rotatable bonds is 12. The molecule has 3 N–H and O–H groups in total. The van der Waals surface area contributed by atoms with E-state index in [1.807, 2.05) is 31.2 Å². The van der Waals surface area contributed by atoms with E-state index < -0.39 is 10.0 Å². The Morgan fingerprint density at radius 2 is 1.96 bits per heavy atom. The van der Waals surface area contributed by atoms with Crippen LogP contribution in [0.4, 0.5) is 0 Å². The van der Waals surface area contributed by atoms with Gasteiger partial charge in [-0.2, -0.15) is 0 Å². The Morgan fingerprint density at radius 3 is 2.67 bits per heavy atom. The summed E-state index contributed by atoms with van der Waals surface area (Å²) in [6, 6.07) is 8.01. The SMILES string of the molecule is CCNC(=NCc1ccccc1OCC1CC1)NCCCNS(=O)(=O)CC. The molecule has 0 heterocycles. The summed E-state index contributed by atoms with van der Waals surface area (Å²) < 4.78 is 31.3. The summed E-state index contributed by atoms with van der Waals surface area (Å²) in [5.74, 6) is 2.43. The number of nitrogens with one attached hydrogen (secondary N) is 3. The summed E-state index contributed by atoms with van der Waals surface area (Å²) in [5.41, 5.74) is 1.06. The Hall–Kier alpha value is -1.80. The van der Waals surface area contributed by atoms with Crippen LogP contribution in [-0.4, -0.2) is 46.4 Å². The molecule has 0 spiro atoms. The van der Waals surface area contributed by atoms with Crippen molar-refractivity contribution in [2.45, 2.75) is 39.7 Å². The molecule has 1 aromatic carbocycles. The molecule has 2 rings (SSSR count). The van der Waals surface area contributed by atoms with Crippen molar-refractivity contribution in [3.8, 4) is 5.75 Å². The lowest BCUT2D eigenvalue weighted by Gasteiger charge is -2.13. The number of guanidine groups is 1. The summed E-state index contributed by atoms with van der Waals surface area (Å²) in [5, 5.41) is 6.45. The molecule has 1 aliphatic carbocycles. The van der Waals surface area contributed by atoms with Crippen molar-refractivity contribution in [2.24, 2.45) is 10.9 Å². The summed E-state index contributed by atoms with van der Waals surface area (Å²) in [7, 11) is -3.13. The van der Waals surface area contributed by atoms with Gasteiger partial charge in [-0.1, -0.05) is 18.2 Å². The van der Waals surface area contributed by atoms with Crippen molar-refractivity contribution in [3.05, 3.63) is 29.8 Å². The second-order valence-corrected chi connectivity index (χ2v) is 8.73. The summed E-state index contributed by atoms with van der Waals surface area (Å²) in [6.07, 6.45) is 3.22. The third-order valence-electron chi connectivity index (χ3n) is 4.24. The molecular weight excluding hydrogens is 364 g/mol. The van der Waals surface area contributed by atoms with E-state index in [0.29, 0.717) is 37.9 Å². The van der Waals surface area contributed by atoms with Crippen molar-refractivity contribution in [2.75, 3.05) is 32.0 Å². The van der Waals surface area contributed by atoms with E-state index in [0.717, 1.165) is 24.5 Å². The maximum atomic E-state index is 11.4. The zero-order valence-electron chi connectivity index (χ0n) is 16.3. The van der Waals surface area contributed by atoms with Crippen LogP contribution in [0.3, 0.4) is 0 Å². The Kier molecular flexibility index (Phi) is 8.87. The molecular formula is C19H32N4O3S. The normalized spacial score (nSPS) is 14.8. The molecule has 0 saturated heterocycles. The third kappa shape index (κ3) is 8.62. The van der Waals surface area contributed by atoms with E-state index in [-0.39, 0.29) is 5.75 Å². The van der Waals surface area contributed by atoms with Crippen molar-refractivity contribution in [1.29, 1.82) is 0 Å². The second-order valence-electron chi connectivity index (χ2n) is 6.64. The molecule has 0 aromatic heterocycles. The number of nitrogens with zero attached hydrogens (tertiary/aromatic N) is 1. The predicted molar refractivity (Wildman–Crippen MR) is 110 cm³/mol. The van der Waals surface area contributed by atoms with E-state index >= 15 is 0 Å². The van der Waals surface area contributed by atoms with Gasteiger partial charge in [-0.05, 0) is 45.1 Å². The molecule has 0 amide bonds. The molecule has 0 radical (unpaired) electrons. The van der Waals surface area contributed by atoms with Crippen LogP contribution in [0.25, 0.3) is 0 Å². The quantitative estimate of drug-likeness (QED) is 0.285. The highest BCUT2D eigenvalue weighted by atomic mass is 32.2. The molecule has 1 aliphatic rings. The average molecular weight is 397 g/mol. The fourth-order valence-corrected chi connectivity index (χ4v) is 3.06. The number of aliphatic imine (C=N–C) groups is 1. The Morgan fingerprint density at radius 1 is 1.19 bits per heavy atom. The topological polar surface area (TPSA) is 91.8 Å². The molecule has 7 nitrogen and oxygen atoms in total. The van der Waals surface area contributed by atoms with Crippen molar-refractivity contribution in [1.82, 2.24) is 15.4 Å².